The lowest BCUT2D eigenvalue weighted by Gasteiger charge is -2.25. The highest BCUT2D eigenvalue weighted by molar-refractivity contribution is 7.80. The highest BCUT2D eigenvalue weighted by atomic mass is 32.1. The number of likely N-dealkylation sites (tertiary alicyclic amines) is 1. The molecule has 1 aliphatic heterocycles. The fourth-order valence-corrected chi connectivity index (χ4v) is 2.46. The maximum absolute atomic E-state index is 12.3. The van der Waals surface area contributed by atoms with Crippen LogP contribution in [0.2, 0.25) is 0 Å². The van der Waals surface area contributed by atoms with Crippen molar-refractivity contribution in [2.75, 3.05) is 13.2 Å². The normalized spacial score (nSPS) is 24.1. The Hall–Kier alpha value is -1.00. The van der Waals surface area contributed by atoms with Crippen LogP contribution in [0, 0.1) is 5.92 Å². The van der Waals surface area contributed by atoms with Gasteiger partial charge in [-0.25, -0.2) is 0 Å². The summed E-state index contributed by atoms with van der Waals surface area (Å²) in [5.41, 5.74) is 0.662. The standard InChI is InChI=1S/C13H17NO2S/c1-9-6-7-14(12(9)8-15)13(16)10-2-4-11(17)5-3-10/h2-5,9,12,15,17H,6-8H2,1H3. The van der Waals surface area contributed by atoms with Gasteiger partial charge in [-0.2, -0.15) is 0 Å². The van der Waals surface area contributed by atoms with Gasteiger partial charge in [0.2, 0.25) is 0 Å². The first kappa shape index (κ1) is 12.5. The number of benzene rings is 1. The Kier molecular flexibility index (Phi) is 3.74. The van der Waals surface area contributed by atoms with Crippen molar-refractivity contribution >= 4 is 18.5 Å². The molecular formula is C13H17NO2S. The van der Waals surface area contributed by atoms with Gasteiger partial charge in [0, 0.05) is 17.0 Å². The third-order valence-electron chi connectivity index (χ3n) is 3.44. The number of aliphatic hydroxyl groups is 1. The molecule has 0 radical (unpaired) electrons. The number of carbonyl (C=O) groups is 1. The molecule has 2 rings (SSSR count). The monoisotopic (exact) mass is 251 g/mol. The van der Waals surface area contributed by atoms with Crippen LogP contribution in [-0.2, 0) is 0 Å². The third-order valence-corrected chi connectivity index (χ3v) is 3.74. The van der Waals surface area contributed by atoms with E-state index >= 15 is 0 Å². The summed E-state index contributed by atoms with van der Waals surface area (Å²) in [6.07, 6.45) is 0.960. The van der Waals surface area contributed by atoms with Gasteiger partial charge in [-0.1, -0.05) is 6.92 Å². The van der Waals surface area contributed by atoms with E-state index < -0.39 is 0 Å². The minimum absolute atomic E-state index is 0.00160. The molecule has 17 heavy (non-hydrogen) atoms. The van der Waals surface area contributed by atoms with Crippen molar-refractivity contribution in [1.29, 1.82) is 0 Å². The van der Waals surface area contributed by atoms with Crippen LogP contribution in [0.4, 0.5) is 0 Å². The number of hydrogen-bond acceptors (Lipinski definition) is 3. The summed E-state index contributed by atoms with van der Waals surface area (Å²) in [6, 6.07) is 7.13. The van der Waals surface area contributed by atoms with Crippen molar-refractivity contribution in [2.45, 2.75) is 24.3 Å². The molecule has 0 saturated carbocycles. The van der Waals surface area contributed by atoms with E-state index in [1.54, 1.807) is 17.0 Å². The summed E-state index contributed by atoms with van der Waals surface area (Å²) in [5.74, 6) is 0.370. The second-order valence-electron chi connectivity index (χ2n) is 4.56. The molecule has 1 aromatic carbocycles. The quantitative estimate of drug-likeness (QED) is 0.787. The van der Waals surface area contributed by atoms with Crippen LogP contribution in [0.1, 0.15) is 23.7 Å². The average Bonchev–Trinajstić information content (AvgIpc) is 2.70. The van der Waals surface area contributed by atoms with Crippen LogP contribution < -0.4 is 0 Å². The molecule has 2 atom stereocenters. The Balaban J connectivity index is 2.17. The Morgan fingerprint density at radius 2 is 2.12 bits per heavy atom. The smallest absolute Gasteiger partial charge is 0.254 e. The summed E-state index contributed by atoms with van der Waals surface area (Å²) in [5, 5.41) is 9.34. The lowest BCUT2D eigenvalue weighted by atomic mass is 10.0. The summed E-state index contributed by atoms with van der Waals surface area (Å²) in [7, 11) is 0. The first-order valence-corrected chi connectivity index (χ1v) is 6.29. The van der Waals surface area contributed by atoms with E-state index in [1.165, 1.54) is 0 Å². The first-order chi connectivity index (χ1) is 8.13. The van der Waals surface area contributed by atoms with Gasteiger partial charge < -0.3 is 10.0 Å². The van der Waals surface area contributed by atoms with Crippen molar-refractivity contribution in [2.24, 2.45) is 5.92 Å². The topological polar surface area (TPSA) is 40.5 Å². The summed E-state index contributed by atoms with van der Waals surface area (Å²) in [6.45, 7) is 2.84. The van der Waals surface area contributed by atoms with Crippen LogP contribution >= 0.6 is 12.6 Å². The average molecular weight is 251 g/mol. The molecule has 1 saturated heterocycles. The van der Waals surface area contributed by atoms with E-state index in [1.807, 2.05) is 12.1 Å². The number of thiol groups is 1. The second kappa shape index (κ2) is 5.10. The fraction of sp³-hybridized carbons (Fsp3) is 0.462. The van der Waals surface area contributed by atoms with Crippen molar-refractivity contribution in [3.05, 3.63) is 29.8 Å². The molecule has 1 aliphatic rings. The molecule has 1 aromatic rings. The molecule has 0 spiro atoms. The number of aliphatic hydroxyl groups excluding tert-OH is 1. The van der Waals surface area contributed by atoms with E-state index in [0.29, 0.717) is 11.5 Å². The van der Waals surface area contributed by atoms with Crippen molar-refractivity contribution in [1.82, 2.24) is 4.90 Å². The van der Waals surface area contributed by atoms with E-state index in [2.05, 4.69) is 19.6 Å². The minimum atomic E-state index is -0.0434. The zero-order valence-corrected chi connectivity index (χ0v) is 10.7. The van der Waals surface area contributed by atoms with Crippen LogP contribution in [0.15, 0.2) is 29.2 Å². The molecule has 1 fully saturated rings. The van der Waals surface area contributed by atoms with Gasteiger partial charge in [0.15, 0.2) is 0 Å². The molecule has 1 amide bonds. The molecular weight excluding hydrogens is 234 g/mol. The second-order valence-corrected chi connectivity index (χ2v) is 5.08. The Morgan fingerprint density at radius 1 is 1.47 bits per heavy atom. The summed E-state index contributed by atoms with van der Waals surface area (Å²) in [4.78, 5) is 14.9. The molecule has 3 nitrogen and oxygen atoms in total. The Labute approximate surface area is 107 Å². The van der Waals surface area contributed by atoms with Crippen LogP contribution in [0.3, 0.4) is 0 Å². The van der Waals surface area contributed by atoms with E-state index in [-0.39, 0.29) is 18.6 Å². The summed E-state index contributed by atoms with van der Waals surface area (Å²) >= 11 is 4.20. The lowest BCUT2D eigenvalue weighted by Crippen LogP contribution is -2.39. The largest absolute Gasteiger partial charge is 0.394 e. The van der Waals surface area contributed by atoms with Gasteiger partial charge in [-0.05, 0) is 36.6 Å². The molecule has 1 heterocycles. The van der Waals surface area contributed by atoms with Gasteiger partial charge in [-0.15, -0.1) is 12.6 Å². The van der Waals surface area contributed by atoms with Crippen LogP contribution in [0.5, 0.6) is 0 Å². The van der Waals surface area contributed by atoms with E-state index in [9.17, 15) is 9.90 Å². The van der Waals surface area contributed by atoms with Crippen LogP contribution in [0.25, 0.3) is 0 Å². The number of amides is 1. The fourth-order valence-electron chi connectivity index (χ4n) is 2.31. The Bertz CT molecular complexity index is 404. The lowest BCUT2D eigenvalue weighted by molar-refractivity contribution is 0.0648. The van der Waals surface area contributed by atoms with Crippen molar-refractivity contribution in [3.63, 3.8) is 0 Å². The van der Waals surface area contributed by atoms with Crippen molar-refractivity contribution < 1.29 is 9.90 Å². The minimum Gasteiger partial charge on any atom is -0.394 e. The molecule has 0 bridgehead atoms. The van der Waals surface area contributed by atoms with E-state index in [4.69, 9.17) is 0 Å². The molecule has 1 N–H and O–H groups in total. The highest BCUT2D eigenvalue weighted by Crippen LogP contribution is 2.25. The highest BCUT2D eigenvalue weighted by Gasteiger charge is 2.34. The van der Waals surface area contributed by atoms with Gasteiger partial charge >= 0.3 is 0 Å². The van der Waals surface area contributed by atoms with Crippen molar-refractivity contribution in [3.8, 4) is 0 Å². The van der Waals surface area contributed by atoms with Crippen LogP contribution in [-0.4, -0.2) is 35.1 Å². The third kappa shape index (κ3) is 2.48. The molecule has 0 aliphatic carbocycles. The predicted molar refractivity (Wildman–Crippen MR) is 69.4 cm³/mol. The molecule has 0 aromatic heterocycles. The Morgan fingerprint density at radius 3 is 2.71 bits per heavy atom. The number of rotatable bonds is 2. The summed E-state index contributed by atoms with van der Waals surface area (Å²) < 4.78 is 0. The zero-order valence-electron chi connectivity index (χ0n) is 9.84. The maximum atomic E-state index is 12.3. The number of carbonyl (C=O) groups excluding carboxylic acids is 1. The molecule has 2 unspecified atom stereocenters. The van der Waals surface area contributed by atoms with Gasteiger partial charge in [0.05, 0.1) is 12.6 Å². The maximum Gasteiger partial charge on any atom is 0.254 e. The zero-order chi connectivity index (χ0) is 12.4. The van der Waals surface area contributed by atoms with Gasteiger partial charge in [0.1, 0.15) is 0 Å². The van der Waals surface area contributed by atoms with Gasteiger partial charge in [0.25, 0.3) is 5.91 Å². The van der Waals surface area contributed by atoms with Gasteiger partial charge in [-0.3, -0.25) is 4.79 Å². The molecule has 92 valence electrons. The number of nitrogens with zero attached hydrogens (tertiary/aromatic N) is 1. The molecule has 4 heteroatoms. The SMILES string of the molecule is CC1CCN(C(=O)c2ccc(S)cc2)C1CO. The van der Waals surface area contributed by atoms with E-state index in [0.717, 1.165) is 17.9 Å². The first-order valence-electron chi connectivity index (χ1n) is 5.84. The number of hydrogen-bond donors (Lipinski definition) is 2. The predicted octanol–water partition coefficient (Wildman–Crippen LogP) is 1.82.